The van der Waals surface area contributed by atoms with Crippen molar-refractivity contribution >= 4 is 17.8 Å². The minimum atomic E-state index is -1.01. The van der Waals surface area contributed by atoms with Gasteiger partial charge >= 0.3 is 5.97 Å². The second-order valence-electron chi connectivity index (χ2n) is 4.75. The second kappa shape index (κ2) is 4.90. The fourth-order valence-electron chi connectivity index (χ4n) is 2.36. The number of aromatic nitrogens is 1. The normalized spacial score (nSPS) is 13.6. The van der Waals surface area contributed by atoms with E-state index in [1.54, 1.807) is 35.0 Å². The highest BCUT2D eigenvalue weighted by Gasteiger charge is 2.34. The molecule has 1 N–H and O–H groups in total. The molecule has 6 heteroatoms. The molecule has 0 aliphatic carbocycles. The summed E-state index contributed by atoms with van der Waals surface area (Å²) in [5.41, 5.74) is 1.01. The lowest BCUT2D eigenvalue weighted by atomic mass is 10.1. The van der Waals surface area contributed by atoms with Crippen molar-refractivity contribution in [3.05, 3.63) is 59.4 Å². The molecule has 0 atom stereocenters. The number of amides is 2. The summed E-state index contributed by atoms with van der Waals surface area (Å²) in [7, 11) is 0. The number of aromatic carboxylic acids is 1. The van der Waals surface area contributed by atoms with Gasteiger partial charge in [0.2, 0.25) is 0 Å². The number of nitrogens with zero attached hydrogens (tertiary/aromatic N) is 2. The number of benzene rings is 1. The number of hydrogen-bond acceptors (Lipinski definition) is 3. The molecule has 1 aliphatic heterocycles. The highest BCUT2D eigenvalue weighted by molar-refractivity contribution is 6.21. The van der Waals surface area contributed by atoms with Crippen molar-refractivity contribution in [1.29, 1.82) is 0 Å². The Kier molecular flexibility index (Phi) is 3.06. The fourth-order valence-corrected chi connectivity index (χ4v) is 2.36. The van der Waals surface area contributed by atoms with E-state index in [-0.39, 0.29) is 23.9 Å². The van der Waals surface area contributed by atoms with Crippen LogP contribution < -0.4 is 0 Å². The lowest BCUT2D eigenvalue weighted by Gasteiger charge is -2.14. The van der Waals surface area contributed by atoms with Gasteiger partial charge in [0, 0.05) is 25.5 Å². The third-order valence-corrected chi connectivity index (χ3v) is 3.46. The van der Waals surface area contributed by atoms with Gasteiger partial charge in [-0.2, -0.15) is 0 Å². The Balaban J connectivity index is 1.73. The van der Waals surface area contributed by atoms with E-state index in [4.69, 9.17) is 5.11 Å². The Morgan fingerprint density at radius 1 is 1.00 bits per heavy atom. The van der Waals surface area contributed by atoms with Crippen molar-refractivity contribution in [2.24, 2.45) is 0 Å². The van der Waals surface area contributed by atoms with Gasteiger partial charge in [-0.3, -0.25) is 14.5 Å². The first-order valence-corrected chi connectivity index (χ1v) is 6.42. The van der Waals surface area contributed by atoms with Crippen LogP contribution in [0.1, 0.15) is 31.1 Å². The minimum Gasteiger partial charge on any atom is -0.478 e. The molecule has 6 nitrogen and oxygen atoms in total. The quantitative estimate of drug-likeness (QED) is 0.862. The Morgan fingerprint density at radius 3 is 2.14 bits per heavy atom. The van der Waals surface area contributed by atoms with Crippen LogP contribution in [0.2, 0.25) is 0 Å². The van der Waals surface area contributed by atoms with Crippen molar-refractivity contribution in [2.45, 2.75) is 6.54 Å². The summed E-state index contributed by atoms with van der Waals surface area (Å²) < 4.78 is 1.65. The van der Waals surface area contributed by atoms with Crippen molar-refractivity contribution in [1.82, 2.24) is 9.47 Å². The van der Waals surface area contributed by atoms with Crippen LogP contribution in [0.25, 0.3) is 0 Å². The summed E-state index contributed by atoms with van der Waals surface area (Å²) in [6, 6.07) is 8.18. The Morgan fingerprint density at radius 2 is 1.62 bits per heavy atom. The van der Waals surface area contributed by atoms with E-state index in [9.17, 15) is 14.4 Å². The van der Waals surface area contributed by atoms with E-state index >= 15 is 0 Å². The lowest BCUT2D eigenvalue weighted by molar-refractivity contribution is 0.0644. The van der Waals surface area contributed by atoms with Crippen molar-refractivity contribution in [2.75, 3.05) is 6.54 Å². The molecule has 21 heavy (non-hydrogen) atoms. The van der Waals surface area contributed by atoms with Crippen LogP contribution in [-0.2, 0) is 6.54 Å². The zero-order chi connectivity index (χ0) is 15.0. The highest BCUT2D eigenvalue weighted by atomic mass is 16.4. The summed E-state index contributed by atoms with van der Waals surface area (Å²) in [6.45, 7) is 0.568. The number of hydrogen-bond donors (Lipinski definition) is 1. The Hall–Kier alpha value is -2.89. The van der Waals surface area contributed by atoms with Crippen LogP contribution in [0.15, 0.2) is 42.7 Å². The number of imide groups is 1. The third-order valence-electron chi connectivity index (χ3n) is 3.46. The number of rotatable bonds is 4. The van der Waals surface area contributed by atoms with Crippen LogP contribution in [0.3, 0.4) is 0 Å². The molecule has 1 aromatic carbocycles. The van der Waals surface area contributed by atoms with Crippen LogP contribution in [0, 0.1) is 0 Å². The summed E-state index contributed by atoms with van der Waals surface area (Å²) >= 11 is 0. The number of carbonyl (C=O) groups is 3. The highest BCUT2D eigenvalue weighted by Crippen LogP contribution is 2.22. The molecular weight excluding hydrogens is 272 g/mol. The summed E-state index contributed by atoms with van der Waals surface area (Å²) in [4.78, 5) is 36.3. The molecule has 0 unspecified atom stereocenters. The van der Waals surface area contributed by atoms with E-state index in [1.807, 2.05) is 0 Å². The summed E-state index contributed by atoms with van der Waals surface area (Å²) in [5.74, 6) is -1.61. The van der Waals surface area contributed by atoms with E-state index in [1.165, 1.54) is 17.2 Å². The molecular formula is C15H12N2O4. The van der Waals surface area contributed by atoms with Crippen molar-refractivity contribution in [3.8, 4) is 0 Å². The monoisotopic (exact) mass is 284 g/mol. The molecule has 106 valence electrons. The van der Waals surface area contributed by atoms with E-state index in [2.05, 4.69) is 0 Å². The SMILES string of the molecule is O=C(O)c1ccn(CCN2C(=O)c3ccccc3C2=O)c1. The standard InChI is InChI=1S/C15H12N2O4/c18-13-11-3-1-2-4-12(11)14(19)17(13)8-7-16-6-5-10(9-16)15(20)21/h1-6,9H,7-8H2,(H,20,21). The van der Waals surface area contributed by atoms with Crippen LogP contribution in [0.4, 0.5) is 0 Å². The zero-order valence-corrected chi connectivity index (χ0v) is 11.0. The molecule has 0 radical (unpaired) electrons. The molecule has 2 heterocycles. The maximum Gasteiger partial charge on any atom is 0.337 e. The maximum absolute atomic E-state index is 12.1. The van der Waals surface area contributed by atoms with Gasteiger partial charge in [0.05, 0.1) is 16.7 Å². The van der Waals surface area contributed by atoms with Gasteiger partial charge in [0.1, 0.15) is 0 Å². The van der Waals surface area contributed by atoms with Gasteiger partial charge in [-0.05, 0) is 18.2 Å². The molecule has 0 saturated carbocycles. The van der Waals surface area contributed by atoms with Gasteiger partial charge in [0.25, 0.3) is 11.8 Å². The zero-order valence-electron chi connectivity index (χ0n) is 11.0. The largest absolute Gasteiger partial charge is 0.478 e. The molecule has 0 bridgehead atoms. The summed E-state index contributed by atoms with van der Waals surface area (Å²) in [5, 5.41) is 8.85. The van der Waals surface area contributed by atoms with Gasteiger partial charge in [-0.25, -0.2) is 4.79 Å². The van der Waals surface area contributed by atoms with Crippen LogP contribution in [0.5, 0.6) is 0 Å². The van der Waals surface area contributed by atoms with Gasteiger partial charge in [-0.15, -0.1) is 0 Å². The minimum absolute atomic E-state index is 0.178. The van der Waals surface area contributed by atoms with Gasteiger partial charge < -0.3 is 9.67 Å². The Bertz CT molecular complexity index is 713. The maximum atomic E-state index is 12.1. The van der Waals surface area contributed by atoms with Crippen LogP contribution >= 0.6 is 0 Å². The van der Waals surface area contributed by atoms with Crippen LogP contribution in [-0.4, -0.2) is 38.9 Å². The number of carboxylic acid groups (broad SMARTS) is 1. The van der Waals surface area contributed by atoms with Crippen molar-refractivity contribution < 1.29 is 19.5 Å². The first-order valence-electron chi connectivity index (χ1n) is 6.42. The topological polar surface area (TPSA) is 79.6 Å². The smallest absolute Gasteiger partial charge is 0.337 e. The molecule has 2 amide bonds. The second-order valence-corrected chi connectivity index (χ2v) is 4.75. The predicted octanol–water partition coefficient (Wildman–Crippen LogP) is 1.48. The van der Waals surface area contributed by atoms with E-state index < -0.39 is 5.97 Å². The number of carbonyl (C=O) groups excluding carboxylic acids is 2. The van der Waals surface area contributed by atoms with Crippen molar-refractivity contribution in [3.63, 3.8) is 0 Å². The first kappa shape index (κ1) is 13.1. The molecule has 2 aromatic rings. The third kappa shape index (κ3) is 2.20. The molecule has 1 aromatic heterocycles. The van der Waals surface area contributed by atoms with E-state index in [0.717, 1.165) is 0 Å². The molecule has 3 rings (SSSR count). The average Bonchev–Trinajstić information content (AvgIpc) is 3.03. The number of fused-ring (bicyclic) bond motifs is 1. The fraction of sp³-hybridized carbons (Fsp3) is 0.133. The molecule has 1 aliphatic rings. The molecule has 0 saturated heterocycles. The van der Waals surface area contributed by atoms with Gasteiger partial charge in [-0.1, -0.05) is 12.1 Å². The van der Waals surface area contributed by atoms with E-state index in [0.29, 0.717) is 17.7 Å². The average molecular weight is 284 g/mol. The number of carboxylic acids is 1. The molecule has 0 fully saturated rings. The molecule has 0 spiro atoms. The first-order chi connectivity index (χ1) is 10.1. The Labute approximate surface area is 120 Å². The summed E-state index contributed by atoms with van der Waals surface area (Å²) in [6.07, 6.45) is 3.09. The predicted molar refractivity (Wildman–Crippen MR) is 73.2 cm³/mol. The lowest BCUT2D eigenvalue weighted by Crippen LogP contribution is -2.32. The van der Waals surface area contributed by atoms with Gasteiger partial charge in [0.15, 0.2) is 0 Å².